The zero-order valence-electron chi connectivity index (χ0n) is 81.5. The number of fused-ring (bicyclic) bond motifs is 6. The lowest BCUT2D eigenvalue weighted by atomic mass is 9.92. The first-order valence-corrected chi connectivity index (χ1v) is 47.6. The van der Waals surface area contributed by atoms with E-state index in [1.807, 2.05) is 0 Å². The minimum atomic E-state index is 0.142. The van der Waals surface area contributed by atoms with Gasteiger partial charge in [0, 0.05) is 93.6 Å². The highest BCUT2D eigenvalue weighted by atomic mass is 15.5. The summed E-state index contributed by atoms with van der Waals surface area (Å²) in [7, 11) is 8.61. The third-order valence-corrected chi connectivity index (χ3v) is 29.0. The molecule has 1 saturated carbocycles. The van der Waals surface area contributed by atoms with Crippen LogP contribution in [0.3, 0.4) is 0 Å². The number of hydrogen-bond acceptors (Lipinski definition) is 8. The lowest BCUT2D eigenvalue weighted by molar-refractivity contribution is -0.660. The number of aryl methyl sites for hydroxylation is 12. The van der Waals surface area contributed by atoms with E-state index in [2.05, 4.69) is 514 Å². The van der Waals surface area contributed by atoms with Gasteiger partial charge in [-0.05, 0) is 319 Å². The normalized spacial score (nSPS) is 16.1. The standard InChI is InChI=1S/C33H38N3.C30H32N3.C29H30N3.C28H30N3/c1-20-13-12-14-21(2)32(20)35-27(8)36(29-16-11-10-15-28(29)35)33-24(5)17-23(4)31(26(33)7)30-18-22(3)25(6)19-34(30)9;1-21-25(30-26-14-7-4-11-23(26)19-20-31(30)3)15-10-18-27(21)33-22(2)32(24-12-5-6-13-24)28-16-8-9-17-29(28)33;1-20-15-16-30(5)29(18-20)25-17-21(2)19-28(22(25)3)32-23(4)31(24-11-7-6-8-12-24)26-13-9-10-14-27(26)32;1-19(2)30-21(4)31(28-15-9-8-14-27(28)30)24-16-10-12-23(20(24)3)26-18-17-22-11-6-7-13-25(22)29(26)5/h10-19,27H,1-9H3;4,7-11,14-20,22,24H,5-6,12-13H2,1-3H3;6-19,23H,1-5H3;6-19,21H,1-5H3/q4*+1/t27-;22-;23-;21-/m1111/s1. The molecule has 4 aliphatic heterocycles. The molecule has 16 aromatic rings. The van der Waals surface area contributed by atoms with E-state index < -0.39 is 0 Å². The van der Waals surface area contributed by atoms with Gasteiger partial charge in [0.25, 0.3) is 0 Å². The number of rotatable bonds is 12. The van der Waals surface area contributed by atoms with Crippen LogP contribution >= 0.6 is 0 Å². The van der Waals surface area contributed by atoms with Crippen molar-refractivity contribution >= 4 is 101 Å². The molecule has 12 heteroatoms. The Kier molecular flexibility index (Phi) is 24.5. The summed E-state index contributed by atoms with van der Waals surface area (Å²) in [6.07, 6.45) is 12.8. The van der Waals surface area contributed by atoms with Crippen LogP contribution in [-0.4, -0.2) is 36.7 Å². The van der Waals surface area contributed by atoms with Crippen LogP contribution in [0.1, 0.15) is 134 Å². The second-order valence-corrected chi connectivity index (χ2v) is 37.9. The van der Waals surface area contributed by atoms with Crippen molar-refractivity contribution in [1.82, 2.24) is 0 Å². The third kappa shape index (κ3) is 15.8. The molecular weight excluding hydrogens is 1610 g/mol. The van der Waals surface area contributed by atoms with Crippen LogP contribution in [0.5, 0.6) is 0 Å². The minimum absolute atomic E-state index is 0.142. The average molecular weight is 1740 g/mol. The summed E-state index contributed by atoms with van der Waals surface area (Å²) in [6, 6.07) is 105. The molecular formula is C120H130N12+4. The summed E-state index contributed by atoms with van der Waals surface area (Å²) in [6.45, 7) is 40.7. The fraction of sp³-hybridized carbons (Fsp3) is 0.267. The van der Waals surface area contributed by atoms with E-state index in [1.165, 1.54) is 239 Å². The van der Waals surface area contributed by atoms with Gasteiger partial charge in [-0.3, -0.25) is 0 Å². The summed E-state index contributed by atoms with van der Waals surface area (Å²) in [5.74, 6) is 0. The number of nitrogens with zero attached hydrogens (tertiary/aromatic N) is 12. The Morgan fingerprint density at radius 2 is 0.803 bits per heavy atom. The molecule has 132 heavy (non-hydrogen) atoms. The van der Waals surface area contributed by atoms with E-state index >= 15 is 0 Å². The van der Waals surface area contributed by atoms with Crippen LogP contribution in [-0.2, 0) is 28.2 Å². The number of pyridine rings is 4. The molecule has 12 nitrogen and oxygen atoms in total. The number of para-hydroxylation sites is 11. The van der Waals surface area contributed by atoms with Crippen molar-refractivity contribution in [3.8, 4) is 45.0 Å². The minimum Gasteiger partial charge on any atom is -0.347 e. The number of benzene rings is 12. The Balaban J connectivity index is 0.000000118. The maximum atomic E-state index is 2.69. The van der Waals surface area contributed by atoms with Crippen molar-refractivity contribution in [3.05, 3.63) is 370 Å². The van der Waals surface area contributed by atoms with Crippen LogP contribution in [0.2, 0.25) is 0 Å². The highest BCUT2D eigenvalue weighted by Gasteiger charge is 2.43. The quantitative estimate of drug-likeness (QED) is 0.112. The van der Waals surface area contributed by atoms with E-state index in [0.717, 1.165) is 0 Å². The van der Waals surface area contributed by atoms with Gasteiger partial charge in [0.15, 0.2) is 18.6 Å². The number of aromatic nitrogens is 4. The van der Waals surface area contributed by atoms with Gasteiger partial charge in [-0.1, -0.05) is 146 Å². The SMILES string of the molecule is Cc1c(-c2c3ccccc3cc[n+]2C)cccc1N1c2ccccc2N(C2CCCC2)[C@H]1C.Cc1c(-c2ccc3ccccc3[n+]2C)cccc1N1c2ccccc2N(C(C)C)[C@H]1C.Cc1cc(-c2c(C)cc(C)c(N3c4ccccc4N(c4c(C)cccc4C)[C@H]3C)c2C)[n+](C)cc1C.Cc1cc(-c2cc(C)cc[n+]2C)c(C)c(N2c3ccccc3N(c3ccccc3)[C@H]2C)c1. The molecule has 5 aliphatic rings. The Bertz CT molecular complexity index is 7060. The second kappa shape index (κ2) is 36.5. The average Bonchev–Trinajstić information content (AvgIpc) is 1.57. The summed E-state index contributed by atoms with van der Waals surface area (Å²) >= 11 is 0. The molecule has 0 unspecified atom stereocenters. The zero-order chi connectivity index (χ0) is 92.5. The van der Waals surface area contributed by atoms with Crippen molar-refractivity contribution < 1.29 is 18.3 Å². The van der Waals surface area contributed by atoms with Gasteiger partial charge in [-0.2, -0.15) is 4.57 Å². The second-order valence-electron chi connectivity index (χ2n) is 37.9. The molecule has 0 saturated heterocycles. The van der Waals surface area contributed by atoms with E-state index in [9.17, 15) is 0 Å². The molecule has 666 valence electrons. The molecule has 12 aromatic carbocycles. The number of hydrogen-bond donors (Lipinski definition) is 0. The molecule has 0 N–H and O–H groups in total. The molecule has 8 heterocycles. The molecule has 1 aliphatic carbocycles. The Labute approximate surface area is 784 Å². The highest BCUT2D eigenvalue weighted by Crippen LogP contribution is 2.55. The first-order chi connectivity index (χ1) is 63.7. The van der Waals surface area contributed by atoms with E-state index in [-0.39, 0.29) is 18.5 Å². The maximum Gasteiger partial charge on any atom is 0.220 e. The van der Waals surface area contributed by atoms with Crippen LogP contribution in [0.25, 0.3) is 66.7 Å². The van der Waals surface area contributed by atoms with Gasteiger partial charge in [-0.25, -0.2) is 13.7 Å². The van der Waals surface area contributed by atoms with Crippen LogP contribution < -0.4 is 57.5 Å². The Hall–Kier alpha value is -13.8. The molecule has 4 atom stereocenters. The van der Waals surface area contributed by atoms with E-state index in [4.69, 9.17) is 0 Å². The summed E-state index contributed by atoms with van der Waals surface area (Å²) in [4.78, 5) is 20.3. The molecule has 0 amide bonds. The van der Waals surface area contributed by atoms with Crippen molar-refractivity contribution in [2.24, 2.45) is 28.2 Å². The van der Waals surface area contributed by atoms with Gasteiger partial charge in [0.1, 0.15) is 52.9 Å². The predicted molar refractivity (Wildman–Crippen MR) is 556 cm³/mol. The Morgan fingerprint density at radius 3 is 1.45 bits per heavy atom. The summed E-state index contributed by atoms with van der Waals surface area (Å²) < 4.78 is 9.07. The zero-order valence-corrected chi connectivity index (χ0v) is 81.5. The van der Waals surface area contributed by atoms with Crippen molar-refractivity contribution in [1.29, 1.82) is 0 Å². The van der Waals surface area contributed by atoms with Gasteiger partial charge in [0.05, 0.1) is 73.1 Å². The van der Waals surface area contributed by atoms with Crippen LogP contribution in [0.4, 0.5) is 79.6 Å². The lowest BCUT2D eigenvalue weighted by Crippen LogP contribution is -2.44. The fourth-order valence-corrected chi connectivity index (χ4v) is 22.7. The molecule has 0 bridgehead atoms. The summed E-state index contributed by atoms with van der Waals surface area (Å²) in [5, 5.41) is 3.84. The van der Waals surface area contributed by atoms with E-state index in [1.54, 1.807) is 0 Å². The monoisotopic (exact) mass is 1740 g/mol. The smallest absolute Gasteiger partial charge is 0.220 e. The Morgan fingerprint density at radius 1 is 0.303 bits per heavy atom. The fourth-order valence-electron chi connectivity index (χ4n) is 22.7. The first-order valence-electron chi connectivity index (χ1n) is 47.6. The molecule has 0 spiro atoms. The topological polar surface area (TPSA) is 41.4 Å². The third-order valence-electron chi connectivity index (χ3n) is 29.0. The molecule has 21 rings (SSSR count). The maximum absolute atomic E-state index is 2.69. The largest absolute Gasteiger partial charge is 0.347 e. The number of anilines is 14. The van der Waals surface area contributed by atoms with Crippen molar-refractivity contribution in [3.63, 3.8) is 0 Å². The summed E-state index contributed by atoms with van der Waals surface area (Å²) in [5.41, 5.74) is 45.2. The van der Waals surface area contributed by atoms with Crippen molar-refractivity contribution in [2.75, 3.05) is 39.2 Å². The van der Waals surface area contributed by atoms with E-state index in [0.29, 0.717) is 18.2 Å². The molecule has 0 radical (unpaired) electrons. The predicted octanol–water partition coefficient (Wildman–Crippen LogP) is 28.0. The first kappa shape index (κ1) is 88.8. The van der Waals surface area contributed by atoms with Crippen LogP contribution in [0, 0.1) is 83.1 Å². The van der Waals surface area contributed by atoms with Gasteiger partial charge >= 0.3 is 0 Å². The molecule has 4 aromatic heterocycles. The van der Waals surface area contributed by atoms with Crippen molar-refractivity contribution in [2.45, 2.75) is 187 Å². The molecule has 1 fully saturated rings. The van der Waals surface area contributed by atoms with Crippen LogP contribution in [0.15, 0.2) is 304 Å². The lowest BCUT2D eigenvalue weighted by Gasteiger charge is -2.35. The van der Waals surface area contributed by atoms with Gasteiger partial charge in [-0.15, -0.1) is 0 Å². The van der Waals surface area contributed by atoms with Gasteiger partial charge in [0.2, 0.25) is 28.3 Å². The highest BCUT2D eigenvalue weighted by molar-refractivity contribution is 5.98. The van der Waals surface area contributed by atoms with Gasteiger partial charge < -0.3 is 39.2 Å².